The minimum atomic E-state index is -4.97. The first kappa shape index (κ1) is 12.9. The molecule has 4 nitrogen and oxygen atoms in total. The van der Waals surface area contributed by atoms with Crippen LogP contribution in [-0.2, 0) is 22.2 Å². The monoisotopic (exact) mass is 244 g/mol. The number of halogens is 4. The lowest BCUT2D eigenvalue weighted by Crippen LogP contribution is -2.45. The van der Waals surface area contributed by atoms with Crippen molar-refractivity contribution in [3.05, 3.63) is 0 Å². The summed E-state index contributed by atoms with van der Waals surface area (Å²) in [6.07, 6.45) is -4.27. The minimum absolute atomic E-state index is 3.20. The Morgan fingerprint density at radius 1 is 1.08 bits per heavy atom. The lowest BCUT2D eigenvalue weighted by molar-refractivity contribution is -0.117. The Labute approximate surface area is 74.9 Å². The van der Waals surface area contributed by atoms with Crippen molar-refractivity contribution >= 4 is 22.2 Å². The molecule has 10 heteroatoms. The van der Waals surface area contributed by atoms with E-state index in [1.54, 1.807) is 0 Å². The number of alkyl halides is 4. The predicted molar refractivity (Wildman–Crippen MR) is 36.3 cm³/mol. The molecule has 0 aliphatic rings. The highest BCUT2D eigenvalue weighted by atomic mass is 32.3. The molecule has 0 spiro atoms. The molecule has 0 fully saturated rings. The molecular weight excluding hydrogens is 240 g/mol. The molecule has 0 aromatic rings. The van der Waals surface area contributed by atoms with E-state index in [2.05, 4.69) is 0 Å². The Morgan fingerprint density at radius 3 is 1.46 bits per heavy atom. The first-order chi connectivity index (χ1) is 5.71. The molecule has 0 saturated carbocycles. The van der Waals surface area contributed by atoms with Gasteiger partial charge in [-0.05, 0) is 0 Å². The third-order valence-electron chi connectivity index (χ3n) is 0.971. The van der Waals surface area contributed by atoms with Gasteiger partial charge in [0.1, 0.15) is 0 Å². The van der Waals surface area contributed by atoms with Crippen LogP contribution in [0, 0.1) is 0 Å². The van der Waals surface area contributed by atoms with Crippen LogP contribution >= 0.6 is 0 Å². The van der Waals surface area contributed by atoms with Crippen LogP contribution in [0.5, 0.6) is 0 Å². The van der Waals surface area contributed by atoms with E-state index in [0.29, 0.717) is 0 Å². The molecule has 13 heavy (non-hydrogen) atoms. The molecule has 2 atom stereocenters. The summed E-state index contributed by atoms with van der Waals surface area (Å²) in [4.78, 5) is 0. The molecule has 0 bridgehead atoms. The average molecular weight is 244 g/mol. The smallest absolute Gasteiger partial charge is 0.305 e. The normalized spacial score (nSPS) is 19.9. The summed E-state index contributed by atoms with van der Waals surface area (Å²) in [5.74, 6) is -4.97. The van der Waals surface area contributed by atoms with Crippen LogP contribution < -0.4 is 0 Å². The molecule has 0 radical (unpaired) electrons. The molecular formula is C3H4F4O4S2. The topological polar surface area (TPSA) is 74.6 Å². The van der Waals surface area contributed by atoms with Crippen LogP contribution in [0.1, 0.15) is 0 Å². The van der Waals surface area contributed by atoms with Gasteiger partial charge in [0.25, 0.3) is 0 Å². The van der Waals surface area contributed by atoms with Crippen LogP contribution in [0.15, 0.2) is 0 Å². The van der Waals surface area contributed by atoms with Gasteiger partial charge in [-0.2, -0.15) is 8.78 Å². The van der Waals surface area contributed by atoms with Crippen LogP contribution in [0.2, 0.25) is 0 Å². The highest BCUT2D eigenvalue weighted by Crippen LogP contribution is 2.30. The van der Waals surface area contributed by atoms with Crippen molar-refractivity contribution in [3.63, 3.8) is 0 Å². The van der Waals surface area contributed by atoms with Crippen molar-refractivity contribution in [3.8, 4) is 0 Å². The predicted octanol–water partition coefficient (Wildman–Crippen LogP) is 0.656. The second-order valence-electron chi connectivity index (χ2n) is 1.86. The van der Waals surface area contributed by atoms with Gasteiger partial charge in [-0.1, -0.05) is 0 Å². The van der Waals surface area contributed by atoms with E-state index in [1.807, 2.05) is 0 Å². The molecule has 2 unspecified atom stereocenters. The largest absolute Gasteiger partial charge is 0.337 e. The number of hydrogen-bond acceptors (Lipinski definition) is 2. The van der Waals surface area contributed by atoms with Gasteiger partial charge in [0.05, 0.1) is 0 Å². The van der Waals surface area contributed by atoms with Crippen molar-refractivity contribution in [1.82, 2.24) is 0 Å². The van der Waals surface area contributed by atoms with Crippen molar-refractivity contribution in [2.45, 2.75) is 16.9 Å². The Hall–Kier alpha value is -0.0600. The zero-order chi connectivity index (χ0) is 10.8. The fourth-order valence-corrected chi connectivity index (χ4v) is 1.75. The fourth-order valence-electron chi connectivity index (χ4n) is 0.442. The van der Waals surface area contributed by atoms with E-state index in [1.165, 1.54) is 0 Å². The number of rotatable bonds is 4. The molecule has 0 aromatic heterocycles. The first-order valence-electron chi connectivity index (χ1n) is 2.56. The molecule has 0 heterocycles. The summed E-state index contributed by atoms with van der Waals surface area (Å²) in [5.41, 5.74) is 0. The molecule has 0 rings (SSSR count). The summed E-state index contributed by atoms with van der Waals surface area (Å²) in [7, 11) is 0. The van der Waals surface area contributed by atoms with Gasteiger partial charge in [-0.15, -0.1) is 0 Å². The van der Waals surface area contributed by atoms with Crippen LogP contribution in [0.4, 0.5) is 17.6 Å². The maximum Gasteiger partial charge on any atom is 0.337 e. The van der Waals surface area contributed by atoms with Gasteiger partial charge in [-0.25, -0.2) is 17.2 Å². The van der Waals surface area contributed by atoms with Gasteiger partial charge < -0.3 is 9.11 Å². The zero-order valence-corrected chi connectivity index (χ0v) is 7.33. The minimum Gasteiger partial charge on any atom is -0.305 e. The fraction of sp³-hybridized carbons (Fsp3) is 1.00. The molecule has 0 saturated heterocycles. The Bertz CT molecular complexity index is 217. The molecule has 0 amide bonds. The summed E-state index contributed by atoms with van der Waals surface area (Å²) in [5, 5.41) is 0. The molecule has 80 valence electrons. The summed E-state index contributed by atoms with van der Waals surface area (Å²) >= 11 is -7.01. The Morgan fingerprint density at radius 2 is 1.38 bits per heavy atom. The van der Waals surface area contributed by atoms with Gasteiger partial charge in [0, 0.05) is 0 Å². The van der Waals surface area contributed by atoms with E-state index < -0.39 is 39.1 Å². The SMILES string of the molecule is O=S(O)C(S(=O)O)C(F)(F)C(F)F. The van der Waals surface area contributed by atoms with Gasteiger partial charge in [0.15, 0.2) is 22.2 Å². The van der Waals surface area contributed by atoms with Crippen molar-refractivity contribution in [2.24, 2.45) is 0 Å². The quantitative estimate of drug-likeness (QED) is 0.562. The Balaban J connectivity index is 4.95. The van der Waals surface area contributed by atoms with Crippen molar-refractivity contribution < 1.29 is 35.1 Å². The third kappa shape index (κ3) is 2.97. The number of hydrogen-bond donors (Lipinski definition) is 2. The maximum absolute atomic E-state index is 12.3. The van der Waals surface area contributed by atoms with Crippen molar-refractivity contribution in [2.75, 3.05) is 0 Å². The highest BCUT2D eigenvalue weighted by molar-refractivity contribution is 7.97. The highest BCUT2D eigenvalue weighted by Gasteiger charge is 2.55. The second kappa shape index (κ2) is 4.44. The van der Waals surface area contributed by atoms with Gasteiger partial charge in [0.2, 0.25) is 4.58 Å². The summed E-state index contributed by atoms with van der Waals surface area (Å²) < 4.78 is 80.6. The standard InChI is InChI=1S/C3H4F4O4S2/c4-1(5)3(6,7)2(12(8)9)13(10)11/h1-2H,(H,8,9)(H,10,11). The first-order valence-corrected chi connectivity index (χ1v) is 4.90. The summed E-state index contributed by atoms with van der Waals surface area (Å²) in [6, 6.07) is 0. The van der Waals surface area contributed by atoms with Crippen molar-refractivity contribution in [1.29, 1.82) is 0 Å². The van der Waals surface area contributed by atoms with Crippen LogP contribution in [0.3, 0.4) is 0 Å². The van der Waals surface area contributed by atoms with Crippen LogP contribution in [-0.4, -0.2) is 34.5 Å². The second-order valence-corrected chi connectivity index (χ2v) is 4.21. The summed E-state index contributed by atoms with van der Waals surface area (Å²) in [6.45, 7) is 0. The molecule has 2 N–H and O–H groups in total. The maximum atomic E-state index is 12.3. The average Bonchev–Trinajstić information content (AvgIpc) is 1.82. The zero-order valence-electron chi connectivity index (χ0n) is 5.69. The van der Waals surface area contributed by atoms with E-state index in [4.69, 9.17) is 9.11 Å². The van der Waals surface area contributed by atoms with E-state index >= 15 is 0 Å². The third-order valence-corrected chi connectivity index (χ3v) is 3.32. The lowest BCUT2D eigenvalue weighted by Gasteiger charge is -2.19. The molecule has 0 aromatic carbocycles. The lowest BCUT2D eigenvalue weighted by atomic mass is 10.4. The Kier molecular flexibility index (Phi) is 4.42. The van der Waals surface area contributed by atoms with E-state index in [-0.39, 0.29) is 0 Å². The van der Waals surface area contributed by atoms with Crippen LogP contribution in [0.25, 0.3) is 0 Å². The van der Waals surface area contributed by atoms with E-state index in [9.17, 15) is 26.0 Å². The molecule has 0 aliphatic heterocycles. The van der Waals surface area contributed by atoms with E-state index in [0.717, 1.165) is 0 Å². The molecule has 0 aliphatic carbocycles. The van der Waals surface area contributed by atoms with Gasteiger partial charge >= 0.3 is 12.3 Å². The van der Waals surface area contributed by atoms with Gasteiger partial charge in [-0.3, -0.25) is 0 Å².